The number of nitrogens with one attached hydrogen (secondary N) is 1. The van der Waals surface area contributed by atoms with Gasteiger partial charge in [0.15, 0.2) is 11.5 Å². The number of ether oxygens (including phenoxy) is 2. The molecule has 0 spiro atoms. The third-order valence-corrected chi connectivity index (χ3v) is 3.15. The second-order valence-corrected chi connectivity index (χ2v) is 4.98. The fraction of sp³-hybridized carbons (Fsp3) is 0.158. The van der Waals surface area contributed by atoms with Gasteiger partial charge in [0.1, 0.15) is 12.4 Å². The summed E-state index contributed by atoms with van der Waals surface area (Å²) in [7, 11) is 0. The van der Waals surface area contributed by atoms with Crippen LogP contribution in [0.1, 0.15) is 22.8 Å². The topological polar surface area (TPSA) is 80.2 Å². The molecular formula is C19H20N2O4. The molecule has 0 fully saturated rings. The van der Waals surface area contributed by atoms with Crippen molar-refractivity contribution in [3.63, 3.8) is 0 Å². The number of carbonyl (C=O) groups excluding carboxylic acids is 1. The molecule has 0 aliphatic carbocycles. The molecule has 1 amide bonds. The van der Waals surface area contributed by atoms with E-state index < -0.39 is 0 Å². The molecule has 0 saturated heterocycles. The van der Waals surface area contributed by atoms with Gasteiger partial charge in [-0.1, -0.05) is 12.7 Å². The summed E-state index contributed by atoms with van der Waals surface area (Å²) in [6.07, 6.45) is 3.12. The van der Waals surface area contributed by atoms with Crippen molar-refractivity contribution in [3.05, 3.63) is 66.2 Å². The first kappa shape index (κ1) is 18.1. The zero-order valence-corrected chi connectivity index (χ0v) is 13.9. The summed E-state index contributed by atoms with van der Waals surface area (Å²) >= 11 is 0. The Labute approximate surface area is 146 Å². The molecule has 2 aromatic rings. The van der Waals surface area contributed by atoms with E-state index in [4.69, 9.17) is 9.47 Å². The van der Waals surface area contributed by atoms with Gasteiger partial charge in [-0.3, -0.25) is 4.79 Å². The minimum absolute atomic E-state index is 0.0572. The number of carbonyl (C=O) groups is 1. The molecule has 130 valence electrons. The van der Waals surface area contributed by atoms with Crippen LogP contribution in [0.3, 0.4) is 0 Å². The fourth-order valence-corrected chi connectivity index (χ4v) is 1.97. The molecule has 0 heterocycles. The number of nitrogens with zero attached hydrogens (tertiary/aromatic N) is 1. The summed E-state index contributed by atoms with van der Waals surface area (Å²) in [6.45, 7) is 6.25. The molecule has 0 aliphatic rings. The molecule has 0 aromatic heterocycles. The van der Waals surface area contributed by atoms with E-state index in [-0.39, 0.29) is 11.7 Å². The lowest BCUT2D eigenvalue weighted by Crippen LogP contribution is -2.17. The monoisotopic (exact) mass is 340 g/mol. The van der Waals surface area contributed by atoms with Gasteiger partial charge in [-0.2, -0.15) is 5.10 Å². The molecule has 0 aliphatic heterocycles. The largest absolute Gasteiger partial charge is 0.504 e. The van der Waals surface area contributed by atoms with E-state index >= 15 is 0 Å². The molecule has 0 saturated carbocycles. The van der Waals surface area contributed by atoms with Crippen molar-refractivity contribution in [2.24, 2.45) is 5.10 Å². The Morgan fingerprint density at radius 2 is 2.00 bits per heavy atom. The van der Waals surface area contributed by atoms with Gasteiger partial charge in [-0.25, -0.2) is 5.43 Å². The van der Waals surface area contributed by atoms with Crippen LogP contribution in [0.2, 0.25) is 0 Å². The Balaban J connectivity index is 1.96. The van der Waals surface area contributed by atoms with Crippen molar-refractivity contribution in [1.82, 2.24) is 5.43 Å². The smallest absolute Gasteiger partial charge is 0.271 e. The van der Waals surface area contributed by atoms with E-state index in [0.29, 0.717) is 35.8 Å². The predicted octanol–water partition coefficient (Wildman–Crippen LogP) is 3.12. The number of rotatable bonds is 8. The lowest BCUT2D eigenvalue weighted by Gasteiger charge is -2.06. The maximum atomic E-state index is 12.0. The molecule has 2 N–H and O–H groups in total. The summed E-state index contributed by atoms with van der Waals surface area (Å²) in [5.74, 6) is 0.748. The number of hydrogen-bond acceptors (Lipinski definition) is 5. The molecular weight excluding hydrogens is 320 g/mol. The van der Waals surface area contributed by atoms with E-state index in [0.717, 1.165) is 0 Å². The normalized spacial score (nSPS) is 10.4. The van der Waals surface area contributed by atoms with Crippen LogP contribution in [-0.2, 0) is 0 Å². The quantitative estimate of drug-likeness (QED) is 0.439. The third kappa shape index (κ3) is 5.39. The Bertz CT molecular complexity index is 755. The van der Waals surface area contributed by atoms with Crippen LogP contribution < -0.4 is 14.9 Å². The van der Waals surface area contributed by atoms with Gasteiger partial charge in [-0.05, 0) is 55.0 Å². The molecule has 2 aromatic carbocycles. The van der Waals surface area contributed by atoms with E-state index in [9.17, 15) is 9.90 Å². The second kappa shape index (κ2) is 9.12. The Morgan fingerprint density at radius 3 is 2.68 bits per heavy atom. The van der Waals surface area contributed by atoms with Gasteiger partial charge in [0.05, 0.1) is 12.8 Å². The van der Waals surface area contributed by atoms with E-state index in [1.165, 1.54) is 12.3 Å². The van der Waals surface area contributed by atoms with Crippen molar-refractivity contribution >= 4 is 12.1 Å². The van der Waals surface area contributed by atoms with E-state index in [1.807, 2.05) is 6.92 Å². The number of phenols is 1. The SMILES string of the molecule is C=CCOc1ccc(C(=O)N/N=C\c2ccc(O)c(OCC)c2)cc1. The van der Waals surface area contributed by atoms with Crippen LogP contribution in [0.4, 0.5) is 0 Å². The maximum absolute atomic E-state index is 12.0. The molecule has 0 bridgehead atoms. The summed E-state index contributed by atoms with van der Waals surface area (Å²) in [5, 5.41) is 13.6. The molecule has 25 heavy (non-hydrogen) atoms. The lowest BCUT2D eigenvalue weighted by molar-refractivity contribution is 0.0955. The van der Waals surface area contributed by atoms with Crippen LogP contribution >= 0.6 is 0 Å². The maximum Gasteiger partial charge on any atom is 0.271 e. The molecule has 0 unspecified atom stereocenters. The highest BCUT2D eigenvalue weighted by Gasteiger charge is 2.05. The average Bonchev–Trinajstić information content (AvgIpc) is 2.63. The number of hydrogen-bond donors (Lipinski definition) is 2. The van der Waals surface area contributed by atoms with Gasteiger partial charge in [-0.15, -0.1) is 0 Å². The lowest BCUT2D eigenvalue weighted by atomic mass is 10.2. The molecule has 2 rings (SSSR count). The number of aromatic hydroxyl groups is 1. The molecule has 0 atom stereocenters. The molecule has 6 nitrogen and oxygen atoms in total. The minimum atomic E-state index is -0.338. The first-order chi connectivity index (χ1) is 12.1. The highest BCUT2D eigenvalue weighted by atomic mass is 16.5. The van der Waals surface area contributed by atoms with Gasteiger partial charge in [0, 0.05) is 5.56 Å². The number of amides is 1. The van der Waals surface area contributed by atoms with Gasteiger partial charge in [0.25, 0.3) is 5.91 Å². The summed E-state index contributed by atoms with van der Waals surface area (Å²) in [4.78, 5) is 12.0. The third-order valence-electron chi connectivity index (χ3n) is 3.15. The number of hydrazone groups is 1. The van der Waals surface area contributed by atoms with Crippen molar-refractivity contribution in [2.75, 3.05) is 13.2 Å². The Hall–Kier alpha value is -3.28. The van der Waals surface area contributed by atoms with Crippen LogP contribution in [0.5, 0.6) is 17.2 Å². The van der Waals surface area contributed by atoms with Gasteiger partial charge < -0.3 is 14.6 Å². The summed E-state index contributed by atoms with van der Waals surface area (Å²) in [5.41, 5.74) is 3.60. The Kier molecular flexibility index (Phi) is 6.59. The number of phenolic OH excluding ortho intramolecular Hbond substituents is 1. The van der Waals surface area contributed by atoms with Crippen molar-refractivity contribution < 1.29 is 19.4 Å². The highest BCUT2D eigenvalue weighted by Crippen LogP contribution is 2.26. The summed E-state index contributed by atoms with van der Waals surface area (Å²) < 4.78 is 10.7. The average molecular weight is 340 g/mol. The van der Waals surface area contributed by atoms with Crippen molar-refractivity contribution in [2.45, 2.75) is 6.92 Å². The van der Waals surface area contributed by atoms with E-state index in [1.54, 1.807) is 42.5 Å². The van der Waals surface area contributed by atoms with Crippen molar-refractivity contribution in [1.29, 1.82) is 0 Å². The zero-order valence-electron chi connectivity index (χ0n) is 13.9. The molecule has 0 radical (unpaired) electrons. The first-order valence-electron chi connectivity index (χ1n) is 7.77. The number of benzene rings is 2. The zero-order chi connectivity index (χ0) is 18.1. The minimum Gasteiger partial charge on any atom is -0.504 e. The van der Waals surface area contributed by atoms with Crippen molar-refractivity contribution in [3.8, 4) is 17.2 Å². The standard InChI is InChI=1S/C19H20N2O4/c1-3-11-25-16-8-6-15(7-9-16)19(23)21-20-13-14-5-10-17(22)18(12-14)24-4-2/h3,5-10,12-13,22H,1,4,11H2,2H3,(H,21,23)/b20-13-. The van der Waals surface area contributed by atoms with Gasteiger partial charge in [0.2, 0.25) is 0 Å². The van der Waals surface area contributed by atoms with Crippen LogP contribution in [0.25, 0.3) is 0 Å². The van der Waals surface area contributed by atoms with Crippen LogP contribution in [0.15, 0.2) is 60.2 Å². The first-order valence-corrected chi connectivity index (χ1v) is 7.77. The van der Waals surface area contributed by atoms with E-state index in [2.05, 4.69) is 17.1 Å². The van der Waals surface area contributed by atoms with Gasteiger partial charge >= 0.3 is 0 Å². The fourth-order valence-electron chi connectivity index (χ4n) is 1.97. The predicted molar refractivity (Wildman–Crippen MR) is 96.5 cm³/mol. The summed E-state index contributed by atoms with van der Waals surface area (Å²) in [6, 6.07) is 11.5. The van der Waals surface area contributed by atoms with Crippen LogP contribution in [-0.4, -0.2) is 30.4 Å². The molecule has 6 heteroatoms. The van der Waals surface area contributed by atoms with Crippen LogP contribution in [0, 0.1) is 0 Å². The highest BCUT2D eigenvalue weighted by molar-refractivity contribution is 5.95. The second-order valence-electron chi connectivity index (χ2n) is 4.98. The Morgan fingerprint density at radius 1 is 1.24 bits per heavy atom.